The van der Waals surface area contributed by atoms with Crippen molar-refractivity contribution in [2.24, 2.45) is 0 Å². The summed E-state index contributed by atoms with van der Waals surface area (Å²) in [6, 6.07) is 18.9. The number of imidazole rings is 1. The summed E-state index contributed by atoms with van der Waals surface area (Å²) in [5.41, 5.74) is 3.90. The van der Waals surface area contributed by atoms with Crippen molar-refractivity contribution in [3.63, 3.8) is 0 Å². The van der Waals surface area contributed by atoms with Crippen LogP contribution in [-0.4, -0.2) is 19.5 Å². The molecule has 0 saturated heterocycles. The van der Waals surface area contributed by atoms with Gasteiger partial charge in [0.1, 0.15) is 11.6 Å². The SMILES string of the molecule is Fc1ccc(-c2nc3nc4ccccc4nc3n2-c2ccc(Cl)cc2Cl)cc1. The Morgan fingerprint density at radius 1 is 0.786 bits per heavy atom. The molecule has 0 bridgehead atoms. The molecule has 0 N–H and O–H groups in total. The predicted octanol–water partition coefficient (Wildman–Crippen LogP) is 6.08. The fourth-order valence-electron chi connectivity index (χ4n) is 3.14. The molecule has 7 heteroatoms. The summed E-state index contributed by atoms with van der Waals surface area (Å²) < 4.78 is 15.3. The predicted molar refractivity (Wildman–Crippen MR) is 110 cm³/mol. The zero-order chi connectivity index (χ0) is 19.3. The molecule has 4 nitrogen and oxygen atoms in total. The van der Waals surface area contributed by atoms with Crippen LogP contribution in [0.25, 0.3) is 39.4 Å². The molecule has 0 spiro atoms. The molecule has 0 atom stereocenters. The number of aromatic nitrogens is 4. The van der Waals surface area contributed by atoms with E-state index in [0.29, 0.717) is 32.9 Å². The van der Waals surface area contributed by atoms with Crippen LogP contribution in [-0.2, 0) is 0 Å². The second kappa shape index (κ2) is 6.55. The fourth-order valence-corrected chi connectivity index (χ4v) is 3.63. The van der Waals surface area contributed by atoms with Crippen molar-refractivity contribution in [3.8, 4) is 17.1 Å². The Kier molecular flexibility index (Phi) is 4.00. The maximum atomic E-state index is 13.4. The van der Waals surface area contributed by atoms with Crippen LogP contribution in [0.2, 0.25) is 10.0 Å². The highest BCUT2D eigenvalue weighted by molar-refractivity contribution is 6.35. The highest BCUT2D eigenvalue weighted by Crippen LogP contribution is 2.32. The summed E-state index contributed by atoms with van der Waals surface area (Å²) in [7, 11) is 0. The monoisotopic (exact) mass is 408 g/mol. The molecule has 5 aromatic rings. The van der Waals surface area contributed by atoms with E-state index in [1.807, 2.05) is 28.8 Å². The normalized spacial score (nSPS) is 11.4. The molecule has 0 fully saturated rings. The van der Waals surface area contributed by atoms with Crippen LogP contribution in [0.5, 0.6) is 0 Å². The highest BCUT2D eigenvalue weighted by Gasteiger charge is 2.19. The number of benzene rings is 3. The lowest BCUT2D eigenvalue weighted by atomic mass is 10.2. The molecule has 136 valence electrons. The smallest absolute Gasteiger partial charge is 0.199 e. The molecule has 0 radical (unpaired) electrons. The average molecular weight is 409 g/mol. The molecule has 0 saturated carbocycles. The first-order valence-electron chi connectivity index (χ1n) is 8.47. The average Bonchev–Trinajstić information content (AvgIpc) is 3.05. The van der Waals surface area contributed by atoms with Gasteiger partial charge in [-0.25, -0.2) is 19.3 Å². The van der Waals surface area contributed by atoms with Crippen molar-refractivity contribution in [1.29, 1.82) is 0 Å². The quantitative estimate of drug-likeness (QED) is 0.355. The maximum absolute atomic E-state index is 13.4. The molecular formula is C21H11Cl2FN4. The maximum Gasteiger partial charge on any atom is 0.199 e. The summed E-state index contributed by atoms with van der Waals surface area (Å²) in [6.07, 6.45) is 0. The van der Waals surface area contributed by atoms with E-state index < -0.39 is 0 Å². The van der Waals surface area contributed by atoms with E-state index in [1.165, 1.54) is 12.1 Å². The van der Waals surface area contributed by atoms with Gasteiger partial charge < -0.3 is 0 Å². The van der Waals surface area contributed by atoms with E-state index in [2.05, 4.69) is 9.97 Å². The first kappa shape index (κ1) is 17.1. The standard InChI is InChI=1S/C21H11Cl2FN4/c22-13-7-10-18(15(23)11-13)28-20(12-5-8-14(24)9-6-12)27-19-21(28)26-17-4-2-1-3-16(17)25-19/h1-11H. The number of hydrogen-bond acceptors (Lipinski definition) is 3. The van der Waals surface area contributed by atoms with Crippen LogP contribution in [0.15, 0.2) is 66.7 Å². The summed E-state index contributed by atoms with van der Waals surface area (Å²) >= 11 is 12.6. The lowest BCUT2D eigenvalue weighted by Gasteiger charge is -2.11. The van der Waals surface area contributed by atoms with Crippen LogP contribution >= 0.6 is 23.2 Å². The third-order valence-corrected chi connectivity index (χ3v) is 4.96. The van der Waals surface area contributed by atoms with E-state index in [9.17, 15) is 4.39 Å². The first-order valence-corrected chi connectivity index (χ1v) is 9.22. The van der Waals surface area contributed by atoms with Gasteiger partial charge in [0.15, 0.2) is 11.3 Å². The Morgan fingerprint density at radius 2 is 1.50 bits per heavy atom. The van der Waals surface area contributed by atoms with E-state index >= 15 is 0 Å². The number of fused-ring (bicyclic) bond motifs is 2. The number of para-hydroxylation sites is 2. The van der Waals surface area contributed by atoms with Crippen LogP contribution in [0.3, 0.4) is 0 Å². The summed E-state index contributed by atoms with van der Waals surface area (Å²) in [5.74, 6) is 0.243. The van der Waals surface area contributed by atoms with Crippen molar-refractivity contribution in [3.05, 3.63) is 82.6 Å². The fraction of sp³-hybridized carbons (Fsp3) is 0. The zero-order valence-corrected chi connectivity index (χ0v) is 15.8. The van der Waals surface area contributed by atoms with E-state index in [4.69, 9.17) is 28.2 Å². The van der Waals surface area contributed by atoms with Gasteiger partial charge in [-0.1, -0.05) is 35.3 Å². The molecule has 0 amide bonds. The summed E-state index contributed by atoms with van der Waals surface area (Å²) in [4.78, 5) is 14.1. The molecular weight excluding hydrogens is 398 g/mol. The van der Waals surface area contributed by atoms with Gasteiger partial charge in [0.25, 0.3) is 0 Å². The molecule has 3 aromatic carbocycles. The Morgan fingerprint density at radius 3 is 2.21 bits per heavy atom. The van der Waals surface area contributed by atoms with Gasteiger partial charge in [-0.15, -0.1) is 0 Å². The first-order chi connectivity index (χ1) is 13.6. The molecule has 0 aliphatic carbocycles. The van der Waals surface area contributed by atoms with Crippen molar-refractivity contribution in [1.82, 2.24) is 19.5 Å². The van der Waals surface area contributed by atoms with Crippen LogP contribution in [0.4, 0.5) is 4.39 Å². The van der Waals surface area contributed by atoms with E-state index in [-0.39, 0.29) is 5.82 Å². The van der Waals surface area contributed by atoms with Crippen molar-refractivity contribution in [2.45, 2.75) is 0 Å². The lowest BCUT2D eigenvalue weighted by Crippen LogP contribution is -2.00. The Labute approximate surface area is 169 Å². The minimum absolute atomic E-state index is 0.321. The van der Waals surface area contributed by atoms with Gasteiger partial charge in [-0.2, -0.15) is 0 Å². The number of rotatable bonds is 2. The number of nitrogens with zero attached hydrogens (tertiary/aromatic N) is 4. The van der Waals surface area contributed by atoms with Crippen molar-refractivity contribution < 1.29 is 4.39 Å². The van der Waals surface area contributed by atoms with E-state index in [0.717, 1.165) is 16.6 Å². The van der Waals surface area contributed by atoms with Crippen molar-refractivity contribution >= 4 is 45.5 Å². The Bertz CT molecular complexity index is 1350. The Hall–Kier alpha value is -3.02. The Balaban J connectivity index is 1.89. The molecule has 2 aromatic heterocycles. The van der Waals surface area contributed by atoms with E-state index in [1.54, 1.807) is 30.3 Å². The molecule has 2 heterocycles. The van der Waals surface area contributed by atoms with Crippen LogP contribution in [0.1, 0.15) is 0 Å². The van der Waals surface area contributed by atoms with Gasteiger partial charge in [-0.3, -0.25) is 4.57 Å². The third kappa shape index (κ3) is 2.80. The second-order valence-electron chi connectivity index (χ2n) is 6.23. The molecule has 5 rings (SSSR count). The minimum Gasteiger partial charge on any atom is -0.274 e. The highest BCUT2D eigenvalue weighted by atomic mass is 35.5. The lowest BCUT2D eigenvalue weighted by molar-refractivity contribution is 0.628. The second-order valence-corrected chi connectivity index (χ2v) is 7.08. The summed E-state index contributed by atoms with van der Waals surface area (Å²) in [6.45, 7) is 0. The summed E-state index contributed by atoms with van der Waals surface area (Å²) in [5, 5.41) is 0.975. The van der Waals surface area contributed by atoms with Gasteiger partial charge in [0.05, 0.1) is 21.7 Å². The minimum atomic E-state index is -0.321. The third-order valence-electron chi connectivity index (χ3n) is 4.42. The van der Waals surface area contributed by atoms with Crippen LogP contribution < -0.4 is 0 Å². The van der Waals surface area contributed by atoms with Gasteiger partial charge >= 0.3 is 0 Å². The van der Waals surface area contributed by atoms with Gasteiger partial charge in [0.2, 0.25) is 0 Å². The number of hydrogen-bond donors (Lipinski definition) is 0. The zero-order valence-electron chi connectivity index (χ0n) is 14.3. The number of halogens is 3. The van der Waals surface area contributed by atoms with Gasteiger partial charge in [-0.05, 0) is 54.6 Å². The topological polar surface area (TPSA) is 43.6 Å². The molecule has 0 aliphatic heterocycles. The van der Waals surface area contributed by atoms with Gasteiger partial charge in [0, 0.05) is 10.6 Å². The van der Waals surface area contributed by atoms with Crippen molar-refractivity contribution in [2.75, 3.05) is 0 Å². The molecule has 0 aliphatic rings. The molecule has 28 heavy (non-hydrogen) atoms. The largest absolute Gasteiger partial charge is 0.274 e. The van der Waals surface area contributed by atoms with Crippen LogP contribution in [0, 0.1) is 5.82 Å². The molecule has 0 unspecified atom stereocenters.